The highest BCUT2D eigenvalue weighted by Gasteiger charge is 2.13. The highest BCUT2D eigenvalue weighted by atomic mass is 16.6. The van der Waals surface area contributed by atoms with Gasteiger partial charge in [-0.1, -0.05) is 65.8 Å². The van der Waals surface area contributed by atoms with Crippen molar-refractivity contribution >= 4 is 5.97 Å². The molecule has 0 saturated carbocycles. The zero-order chi connectivity index (χ0) is 21.4. The Bertz CT molecular complexity index is 717. The molecule has 0 amide bonds. The largest absolute Gasteiger partial charge is 0.508 e. The number of carbonyl (C=O) groups excluding carboxylic acids is 1. The molecule has 28 heavy (non-hydrogen) atoms. The fraction of sp³-hybridized carbons (Fsp3) is 0.458. The minimum atomic E-state index is -0.340. The summed E-state index contributed by atoms with van der Waals surface area (Å²) >= 11 is 0. The topological polar surface area (TPSA) is 55.8 Å². The van der Waals surface area contributed by atoms with Gasteiger partial charge in [0.1, 0.15) is 11.5 Å². The minimum absolute atomic E-state index is 0.0390. The summed E-state index contributed by atoms with van der Waals surface area (Å²) in [6, 6.07) is 15.1. The van der Waals surface area contributed by atoms with E-state index in [1.807, 2.05) is 36.4 Å². The maximum absolute atomic E-state index is 11.1. The molecule has 0 bridgehead atoms. The lowest BCUT2D eigenvalue weighted by Crippen LogP contribution is -2.15. The number of phenolic OH excluding ortho intramolecular Hbond substituents is 1. The van der Waals surface area contributed by atoms with Crippen LogP contribution in [0.25, 0.3) is 0 Å². The smallest absolute Gasteiger partial charge is 0.344 e. The fourth-order valence-corrected chi connectivity index (χ4v) is 2.36. The summed E-state index contributed by atoms with van der Waals surface area (Å²) in [5.41, 5.74) is 2.78. The van der Waals surface area contributed by atoms with Crippen molar-refractivity contribution in [1.29, 1.82) is 0 Å². The van der Waals surface area contributed by atoms with Gasteiger partial charge in [-0.2, -0.15) is 0 Å². The molecule has 0 saturated heterocycles. The number of hydrogen-bond donors (Lipinski definition) is 1. The first-order valence-electron chi connectivity index (χ1n) is 9.62. The summed E-state index contributed by atoms with van der Waals surface area (Å²) in [5.74, 6) is 0.677. The van der Waals surface area contributed by atoms with Gasteiger partial charge in [-0.05, 0) is 53.1 Å². The second kappa shape index (κ2) is 10.2. The van der Waals surface area contributed by atoms with E-state index < -0.39 is 0 Å². The Labute approximate surface area is 169 Å². The molecule has 154 valence electrons. The van der Waals surface area contributed by atoms with Crippen LogP contribution in [0, 0.1) is 0 Å². The molecule has 2 aromatic carbocycles. The van der Waals surface area contributed by atoms with Crippen molar-refractivity contribution in [2.45, 2.75) is 59.3 Å². The number of phenols is 1. The summed E-state index contributed by atoms with van der Waals surface area (Å²) in [6.45, 7) is 15.0. The number of benzene rings is 2. The van der Waals surface area contributed by atoms with E-state index in [1.165, 1.54) is 11.1 Å². The zero-order valence-electron chi connectivity index (χ0n) is 18.2. The molecule has 4 nitrogen and oxygen atoms in total. The van der Waals surface area contributed by atoms with Crippen LogP contribution in [0.5, 0.6) is 11.5 Å². The van der Waals surface area contributed by atoms with Crippen LogP contribution in [0.2, 0.25) is 0 Å². The van der Waals surface area contributed by atoms with Crippen molar-refractivity contribution in [3.63, 3.8) is 0 Å². The second-order valence-electron chi connectivity index (χ2n) is 8.66. The lowest BCUT2D eigenvalue weighted by molar-refractivity contribution is -0.145. The quantitative estimate of drug-likeness (QED) is 0.693. The van der Waals surface area contributed by atoms with Gasteiger partial charge in [0.05, 0.1) is 6.61 Å². The van der Waals surface area contributed by atoms with Gasteiger partial charge >= 0.3 is 5.97 Å². The summed E-state index contributed by atoms with van der Waals surface area (Å²) < 4.78 is 10.1. The molecule has 0 unspecified atom stereocenters. The molecule has 0 atom stereocenters. The molecule has 0 aliphatic heterocycles. The SMILES string of the molecule is CC(C)(C)c1ccc(O)cc1.CCOC(=O)COc1ccc(C(C)(C)C)cc1. The van der Waals surface area contributed by atoms with Crippen molar-refractivity contribution in [3.8, 4) is 11.5 Å². The van der Waals surface area contributed by atoms with E-state index in [-0.39, 0.29) is 23.4 Å². The fourth-order valence-electron chi connectivity index (χ4n) is 2.36. The van der Waals surface area contributed by atoms with E-state index in [0.717, 1.165) is 0 Å². The molecular formula is C24H34O4. The van der Waals surface area contributed by atoms with E-state index >= 15 is 0 Å². The molecule has 2 rings (SSSR count). The summed E-state index contributed by atoms with van der Waals surface area (Å²) in [4.78, 5) is 11.1. The van der Waals surface area contributed by atoms with Crippen molar-refractivity contribution in [2.24, 2.45) is 0 Å². The van der Waals surface area contributed by atoms with Gasteiger partial charge in [-0.3, -0.25) is 0 Å². The molecule has 0 aliphatic rings. The molecule has 0 aromatic heterocycles. The standard InChI is InChI=1S/C14H20O3.C10H14O/c1-5-16-13(15)10-17-12-8-6-11(7-9-12)14(2,3)4;1-10(2,3)8-4-6-9(11)7-5-8/h6-9H,5,10H2,1-4H3;4-7,11H,1-3H3. The van der Waals surface area contributed by atoms with E-state index in [2.05, 4.69) is 41.5 Å². The first-order chi connectivity index (χ1) is 12.9. The Morgan fingerprint density at radius 2 is 1.25 bits per heavy atom. The van der Waals surface area contributed by atoms with Gasteiger partial charge in [0.2, 0.25) is 0 Å². The van der Waals surface area contributed by atoms with Crippen molar-refractivity contribution in [1.82, 2.24) is 0 Å². The molecule has 4 heteroatoms. The van der Waals surface area contributed by atoms with E-state index in [9.17, 15) is 4.79 Å². The monoisotopic (exact) mass is 386 g/mol. The van der Waals surface area contributed by atoms with Crippen molar-refractivity contribution in [3.05, 3.63) is 59.7 Å². The van der Waals surface area contributed by atoms with Gasteiger partial charge in [-0.25, -0.2) is 4.79 Å². The van der Waals surface area contributed by atoms with Crippen LogP contribution in [-0.2, 0) is 20.4 Å². The molecule has 0 heterocycles. The Morgan fingerprint density at radius 3 is 1.64 bits per heavy atom. The van der Waals surface area contributed by atoms with Gasteiger partial charge in [-0.15, -0.1) is 0 Å². The van der Waals surface area contributed by atoms with Gasteiger partial charge in [0.25, 0.3) is 0 Å². The number of rotatable bonds is 4. The normalized spacial score (nSPS) is 11.2. The third kappa shape index (κ3) is 8.47. The molecule has 2 aromatic rings. The maximum atomic E-state index is 11.1. The van der Waals surface area contributed by atoms with Crippen LogP contribution < -0.4 is 4.74 Å². The molecule has 0 aliphatic carbocycles. The number of aromatic hydroxyl groups is 1. The third-order valence-corrected chi connectivity index (χ3v) is 4.12. The maximum Gasteiger partial charge on any atom is 0.344 e. The van der Waals surface area contributed by atoms with E-state index in [4.69, 9.17) is 14.6 Å². The lowest BCUT2D eigenvalue weighted by atomic mass is 9.87. The molecule has 0 radical (unpaired) electrons. The van der Waals surface area contributed by atoms with Crippen LogP contribution in [-0.4, -0.2) is 24.3 Å². The van der Waals surface area contributed by atoms with Crippen LogP contribution in [0.15, 0.2) is 48.5 Å². The molecular weight excluding hydrogens is 352 g/mol. The Morgan fingerprint density at radius 1 is 0.821 bits per heavy atom. The second-order valence-corrected chi connectivity index (χ2v) is 8.66. The average molecular weight is 387 g/mol. The minimum Gasteiger partial charge on any atom is -0.508 e. The van der Waals surface area contributed by atoms with Crippen LogP contribution in [0.3, 0.4) is 0 Å². The first kappa shape index (κ1) is 23.5. The first-order valence-corrected chi connectivity index (χ1v) is 9.62. The van der Waals surface area contributed by atoms with E-state index in [0.29, 0.717) is 18.1 Å². The molecule has 0 fully saturated rings. The van der Waals surface area contributed by atoms with Crippen LogP contribution in [0.4, 0.5) is 0 Å². The van der Waals surface area contributed by atoms with Crippen molar-refractivity contribution in [2.75, 3.05) is 13.2 Å². The highest BCUT2D eigenvalue weighted by Crippen LogP contribution is 2.24. The average Bonchev–Trinajstić information content (AvgIpc) is 2.60. The lowest BCUT2D eigenvalue weighted by Gasteiger charge is -2.19. The summed E-state index contributed by atoms with van der Waals surface area (Å²) in [6.07, 6.45) is 0. The predicted molar refractivity (Wildman–Crippen MR) is 114 cm³/mol. The van der Waals surface area contributed by atoms with Crippen molar-refractivity contribution < 1.29 is 19.4 Å². The third-order valence-electron chi connectivity index (χ3n) is 4.12. The van der Waals surface area contributed by atoms with Crippen LogP contribution >= 0.6 is 0 Å². The number of carbonyl (C=O) groups is 1. The number of esters is 1. The zero-order valence-corrected chi connectivity index (χ0v) is 18.2. The Balaban J connectivity index is 0.000000307. The summed E-state index contributed by atoms with van der Waals surface area (Å²) in [5, 5.41) is 9.02. The van der Waals surface area contributed by atoms with Gasteiger partial charge in [0, 0.05) is 0 Å². The number of hydrogen-bond acceptors (Lipinski definition) is 4. The van der Waals surface area contributed by atoms with E-state index in [1.54, 1.807) is 19.1 Å². The highest BCUT2D eigenvalue weighted by molar-refractivity contribution is 5.71. The van der Waals surface area contributed by atoms with Crippen LogP contribution in [0.1, 0.15) is 59.6 Å². The molecule has 0 spiro atoms. The predicted octanol–water partition coefficient (Wildman–Crippen LogP) is 5.62. The Hall–Kier alpha value is -2.49. The number of ether oxygens (including phenoxy) is 2. The Kier molecular flexibility index (Phi) is 8.55. The van der Waals surface area contributed by atoms with Gasteiger partial charge < -0.3 is 14.6 Å². The molecule has 1 N–H and O–H groups in total. The summed E-state index contributed by atoms with van der Waals surface area (Å²) in [7, 11) is 0. The van der Waals surface area contributed by atoms with Gasteiger partial charge in [0.15, 0.2) is 6.61 Å².